The van der Waals surface area contributed by atoms with Crippen LogP contribution in [0.1, 0.15) is 26.6 Å². The lowest BCUT2D eigenvalue weighted by Gasteiger charge is -2.17. The van der Waals surface area contributed by atoms with Crippen LogP contribution in [0.4, 0.5) is 0 Å². The van der Waals surface area contributed by atoms with Gasteiger partial charge >= 0.3 is 0 Å². The van der Waals surface area contributed by atoms with E-state index in [0.717, 1.165) is 31.1 Å². The standard InChI is InChI=1S/C12H24N4S/c1-5-13-11(8-17-4)6-12-14-9-15-16(12)7-10(2)3/h9-11,13H,5-8H2,1-4H3. The molecule has 5 heteroatoms. The molecule has 0 saturated carbocycles. The molecule has 0 radical (unpaired) electrons. The van der Waals surface area contributed by atoms with Gasteiger partial charge in [-0.15, -0.1) is 0 Å². The van der Waals surface area contributed by atoms with Crippen LogP contribution >= 0.6 is 11.8 Å². The first-order chi connectivity index (χ1) is 8.17. The molecule has 0 saturated heterocycles. The van der Waals surface area contributed by atoms with E-state index >= 15 is 0 Å². The third-order valence-corrected chi connectivity index (χ3v) is 3.26. The van der Waals surface area contributed by atoms with Gasteiger partial charge in [0.05, 0.1) is 0 Å². The maximum absolute atomic E-state index is 4.38. The van der Waals surface area contributed by atoms with Crippen molar-refractivity contribution in [3.05, 3.63) is 12.2 Å². The Morgan fingerprint density at radius 2 is 2.24 bits per heavy atom. The van der Waals surface area contributed by atoms with Crippen molar-refractivity contribution in [1.29, 1.82) is 0 Å². The van der Waals surface area contributed by atoms with Gasteiger partial charge in [-0.2, -0.15) is 16.9 Å². The number of thioether (sulfide) groups is 1. The number of likely N-dealkylation sites (N-methyl/N-ethyl adjacent to an activating group) is 1. The average molecular weight is 256 g/mol. The molecule has 1 aromatic rings. The second kappa shape index (κ2) is 7.71. The largest absolute Gasteiger partial charge is 0.313 e. The molecule has 1 atom stereocenters. The van der Waals surface area contributed by atoms with E-state index < -0.39 is 0 Å². The highest BCUT2D eigenvalue weighted by Gasteiger charge is 2.13. The highest BCUT2D eigenvalue weighted by molar-refractivity contribution is 7.98. The fraction of sp³-hybridized carbons (Fsp3) is 0.833. The summed E-state index contributed by atoms with van der Waals surface area (Å²) in [5.41, 5.74) is 0. The summed E-state index contributed by atoms with van der Waals surface area (Å²) in [7, 11) is 0. The zero-order valence-electron chi connectivity index (χ0n) is 11.3. The quantitative estimate of drug-likeness (QED) is 0.770. The van der Waals surface area contributed by atoms with Crippen LogP contribution in [0.5, 0.6) is 0 Å². The molecule has 1 unspecified atom stereocenters. The lowest BCUT2D eigenvalue weighted by atomic mass is 10.2. The van der Waals surface area contributed by atoms with Crippen LogP contribution in [0.15, 0.2) is 6.33 Å². The van der Waals surface area contributed by atoms with Gasteiger partial charge < -0.3 is 5.32 Å². The molecule has 17 heavy (non-hydrogen) atoms. The van der Waals surface area contributed by atoms with Gasteiger partial charge in [0.25, 0.3) is 0 Å². The zero-order chi connectivity index (χ0) is 12.7. The maximum atomic E-state index is 4.38. The molecule has 1 aromatic heterocycles. The van der Waals surface area contributed by atoms with Crippen molar-refractivity contribution in [2.24, 2.45) is 5.92 Å². The Morgan fingerprint density at radius 3 is 2.82 bits per heavy atom. The molecule has 0 aliphatic carbocycles. The lowest BCUT2D eigenvalue weighted by molar-refractivity contribution is 0.451. The number of hydrogen-bond acceptors (Lipinski definition) is 4. The molecule has 1 N–H and O–H groups in total. The summed E-state index contributed by atoms with van der Waals surface area (Å²) in [5, 5.41) is 7.80. The number of rotatable bonds is 8. The van der Waals surface area contributed by atoms with Crippen molar-refractivity contribution in [2.45, 2.75) is 39.8 Å². The topological polar surface area (TPSA) is 42.7 Å². The Morgan fingerprint density at radius 1 is 1.47 bits per heavy atom. The average Bonchev–Trinajstić information content (AvgIpc) is 2.65. The van der Waals surface area contributed by atoms with Gasteiger partial charge in [0.1, 0.15) is 12.2 Å². The minimum Gasteiger partial charge on any atom is -0.313 e. The first kappa shape index (κ1) is 14.5. The molecule has 0 spiro atoms. The summed E-state index contributed by atoms with van der Waals surface area (Å²) in [6.45, 7) is 8.51. The van der Waals surface area contributed by atoms with E-state index in [1.807, 2.05) is 16.4 Å². The van der Waals surface area contributed by atoms with E-state index in [-0.39, 0.29) is 0 Å². The van der Waals surface area contributed by atoms with Crippen molar-refractivity contribution in [2.75, 3.05) is 18.6 Å². The molecule has 0 fully saturated rings. The van der Waals surface area contributed by atoms with E-state index in [9.17, 15) is 0 Å². The predicted molar refractivity (Wildman–Crippen MR) is 74.4 cm³/mol. The minimum absolute atomic E-state index is 0.491. The van der Waals surface area contributed by atoms with Gasteiger partial charge in [-0.25, -0.2) is 9.67 Å². The minimum atomic E-state index is 0.491. The van der Waals surface area contributed by atoms with Crippen LogP contribution in [0.2, 0.25) is 0 Å². The third kappa shape index (κ3) is 5.08. The van der Waals surface area contributed by atoms with Crippen molar-refractivity contribution in [1.82, 2.24) is 20.1 Å². The summed E-state index contributed by atoms with van der Waals surface area (Å²) in [6, 6.07) is 0.491. The van der Waals surface area contributed by atoms with Crippen molar-refractivity contribution in [3.8, 4) is 0 Å². The number of nitrogens with zero attached hydrogens (tertiary/aromatic N) is 3. The fourth-order valence-electron chi connectivity index (χ4n) is 1.84. The molecule has 0 bridgehead atoms. The molecule has 0 aliphatic heterocycles. The van der Waals surface area contributed by atoms with Gasteiger partial charge in [0.2, 0.25) is 0 Å². The summed E-state index contributed by atoms with van der Waals surface area (Å²) < 4.78 is 2.04. The number of aromatic nitrogens is 3. The highest BCUT2D eigenvalue weighted by Crippen LogP contribution is 2.07. The molecule has 1 heterocycles. The van der Waals surface area contributed by atoms with Gasteiger partial charge in [-0.05, 0) is 18.7 Å². The van der Waals surface area contributed by atoms with E-state index in [0.29, 0.717) is 12.0 Å². The van der Waals surface area contributed by atoms with E-state index in [4.69, 9.17) is 0 Å². The van der Waals surface area contributed by atoms with Crippen LogP contribution in [-0.4, -0.2) is 39.4 Å². The highest BCUT2D eigenvalue weighted by atomic mass is 32.2. The van der Waals surface area contributed by atoms with Crippen molar-refractivity contribution < 1.29 is 0 Å². The molecule has 98 valence electrons. The normalized spacial score (nSPS) is 13.2. The third-order valence-electron chi connectivity index (χ3n) is 2.52. The second-order valence-electron chi connectivity index (χ2n) is 4.67. The molecular formula is C12H24N4S. The van der Waals surface area contributed by atoms with Gasteiger partial charge in [-0.1, -0.05) is 20.8 Å². The molecule has 1 rings (SSSR count). The Kier molecular flexibility index (Phi) is 6.58. The monoisotopic (exact) mass is 256 g/mol. The number of nitrogens with one attached hydrogen (secondary N) is 1. The number of hydrogen-bond donors (Lipinski definition) is 1. The van der Waals surface area contributed by atoms with E-state index in [1.54, 1.807) is 6.33 Å². The Balaban J connectivity index is 2.61. The molecule has 0 aliphatic rings. The van der Waals surface area contributed by atoms with Gasteiger partial charge in [-0.3, -0.25) is 0 Å². The lowest BCUT2D eigenvalue weighted by Crippen LogP contribution is -2.34. The first-order valence-electron chi connectivity index (χ1n) is 6.26. The molecule has 4 nitrogen and oxygen atoms in total. The SMILES string of the molecule is CCNC(CSC)Cc1ncnn1CC(C)C. The van der Waals surface area contributed by atoms with E-state index in [1.165, 1.54) is 0 Å². The maximum Gasteiger partial charge on any atom is 0.138 e. The molecular weight excluding hydrogens is 232 g/mol. The van der Waals surface area contributed by atoms with Gasteiger partial charge in [0, 0.05) is 24.8 Å². The molecule has 0 amide bonds. The first-order valence-corrected chi connectivity index (χ1v) is 7.65. The summed E-state index contributed by atoms with van der Waals surface area (Å²) >= 11 is 1.87. The Bertz CT molecular complexity index is 305. The summed E-state index contributed by atoms with van der Waals surface area (Å²) in [6.07, 6.45) is 4.77. The van der Waals surface area contributed by atoms with Crippen LogP contribution in [0.3, 0.4) is 0 Å². The Labute approximate surface area is 109 Å². The summed E-state index contributed by atoms with van der Waals surface area (Å²) in [5.74, 6) is 2.81. The van der Waals surface area contributed by atoms with Gasteiger partial charge in [0.15, 0.2) is 0 Å². The van der Waals surface area contributed by atoms with Crippen LogP contribution < -0.4 is 5.32 Å². The summed E-state index contributed by atoms with van der Waals surface area (Å²) in [4.78, 5) is 4.38. The Hall–Kier alpha value is -0.550. The van der Waals surface area contributed by atoms with Crippen LogP contribution in [0.25, 0.3) is 0 Å². The van der Waals surface area contributed by atoms with Crippen molar-refractivity contribution in [3.63, 3.8) is 0 Å². The fourth-order valence-corrected chi connectivity index (χ4v) is 2.48. The smallest absolute Gasteiger partial charge is 0.138 e. The van der Waals surface area contributed by atoms with Crippen LogP contribution in [0, 0.1) is 5.92 Å². The predicted octanol–water partition coefficient (Wildman–Crippen LogP) is 1.82. The zero-order valence-corrected chi connectivity index (χ0v) is 12.1. The van der Waals surface area contributed by atoms with Crippen LogP contribution in [-0.2, 0) is 13.0 Å². The van der Waals surface area contributed by atoms with Crippen molar-refractivity contribution >= 4 is 11.8 Å². The second-order valence-corrected chi connectivity index (χ2v) is 5.58. The molecule has 0 aromatic carbocycles. The van der Waals surface area contributed by atoms with E-state index in [2.05, 4.69) is 42.4 Å².